The van der Waals surface area contributed by atoms with E-state index in [-0.39, 0.29) is 0 Å². The van der Waals surface area contributed by atoms with E-state index < -0.39 is 0 Å². The van der Waals surface area contributed by atoms with Crippen molar-refractivity contribution in [3.05, 3.63) is 22.7 Å². The molecule has 3 rings (SSSR count). The Morgan fingerprint density at radius 1 is 1.27 bits per heavy atom. The van der Waals surface area contributed by atoms with E-state index in [4.69, 9.17) is 11.6 Å². The highest BCUT2D eigenvalue weighted by Gasteiger charge is 2.41. The number of aromatic nitrogens is 2. The summed E-state index contributed by atoms with van der Waals surface area (Å²) >= 11 is 5.98. The van der Waals surface area contributed by atoms with Crippen LogP contribution in [-0.4, -0.2) is 9.97 Å². The first-order valence-corrected chi connectivity index (χ1v) is 6.11. The third kappa shape index (κ3) is 1.65. The number of hydrogen-bond donors (Lipinski definition) is 0. The van der Waals surface area contributed by atoms with E-state index in [0.29, 0.717) is 11.1 Å². The first kappa shape index (κ1) is 9.59. The predicted octanol–water partition coefficient (Wildman–Crippen LogP) is 3.34. The Kier molecular flexibility index (Phi) is 2.20. The molecule has 0 aromatic carbocycles. The SMILES string of the molecule is Cc1cc(Cl)nc(C2CC3CCC2C3)n1. The Morgan fingerprint density at radius 3 is 2.73 bits per heavy atom. The average Bonchev–Trinajstić information content (AvgIpc) is 2.76. The van der Waals surface area contributed by atoms with Gasteiger partial charge in [0.25, 0.3) is 0 Å². The largest absolute Gasteiger partial charge is 0.238 e. The fourth-order valence-electron chi connectivity index (χ4n) is 3.28. The summed E-state index contributed by atoms with van der Waals surface area (Å²) in [5.74, 6) is 3.34. The van der Waals surface area contributed by atoms with Gasteiger partial charge in [0.05, 0.1) is 0 Å². The molecule has 1 aromatic heterocycles. The van der Waals surface area contributed by atoms with E-state index in [2.05, 4.69) is 9.97 Å². The molecule has 2 nitrogen and oxygen atoms in total. The van der Waals surface area contributed by atoms with Gasteiger partial charge in [-0.25, -0.2) is 9.97 Å². The van der Waals surface area contributed by atoms with Crippen LogP contribution in [0.5, 0.6) is 0 Å². The zero-order valence-electron chi connectivity index (χ0n) is 8.91. The fraction of sp³-hybridized carbons (Fsp3) is 0.667. The van der Waals surface area contributed by atoms with Crippen LogP contribution in [0.3, 0.4) is 0 Å². The third-order valence-electron chi connectivity index (χ3n) is 3.91. The lowest BCUT2D eigenvalue weighted by atomic mass is 9.88. The number of rotatable bonds is 1. The minimum atomic E-state index is 0.584. The van der Waals surface area contributed by atoms with Crippen molar-refractivity contribution in [2.24, 2.45) is 11.8 Å². The molecule has 3 unspecified atom stereocenters. The standard InChI is InChI=1S/C12H15ClN2/c1-7-4-11(13)15-12(14-7)10-6-8-2-3-9(10)5-8/h4,8-10H,2-3,5-6H2,1H3. The lowest BCUT2D eigenvalue weighted by Crippen LogP contribution is -2.12. The number of hydrogen-bond acceptors (Lipinski definition) is 2. The van der Waals surface area contributed by atoms with Gasteiger partial charge < -0.3 is 0 Å². The van der Waals surface area contributed by atoms with Crippen molar-refractivity contribution in [2.45, 2.75) is 38.5 Å². The Hall–Kier alpha value is -0.630. The number of nitrogens with zero attached hydrogens (tertiary/aromatic N) is 2. The van der Waals surface area contributed by atoms with Gasteiger partial charge in [0, 0.05) is 11.6 Å². The average molecular weight is 223 g/mol. The van der Waals surface area contributed by atoms with E-state index in [1.54, 1.807) is 0 Å². The number of aryl methyl sites for hydroxylation is 1. The lowest BCUT2D eigenvalue weighted by Gasteiger charge is -2.20. The highest BCUT2D eigenvalue weighted by molar-refractivity contribution is 6.29. The first-order chi connectivity index (χ1) is 7.22. The van der Waals surface area contributed by atoms with E-state index in [0.717, 1.165) is 23.4 Å². The zero-order valence-corrected chi connectivity index (χ0v) is 9.67. The van der Waals surface area contributed by atoms with Crippen molar-refractivity contribution in [1.82, 2.24) is 9.97 Å². The number of halogens is 1. The summed E-state index contributed by atoms with van der Waals surface area (Å²) in [6, 6.07) is 1.83. The molecular weight excluding hydrogens is 208 g/mol. The van der Waals surface area contributed by atoms with Crippen LogP contribution < -0.4 is 0 Å². The molecule has 0 saturated heterocycles. The molecule has 2 bridgehead atoms. The van der Waals surface area contributed by atoms with Gasteiger partial charge in [-0.15, -0.1) is 0 Å². The van der Waals surface area contributed by atoms with Crippen LogP contribution >= 0.6 is 11.6 Å². The van der Waals surface area contributed by atoms with Gasteiger partial charge >= 0.3 is 0 Å². The molecule has 3 heteroatoms. The summed E-state index contributed by atoms with van der Waals surface area (Å²) in [7, 11) is 0. The van der Waals surface area contributed by atoms with Crippen LogP contribution in [0.2, 0.25) is 5.15 Å². The second-order valence-corrected chi connectivity index (χ2v) is 5.36. The molecular formula is C12H15ClN2. The quantitative estimate of drug-likeness (QED) is 0.682. The molecule has 2 saturated carbocycles. The molecule has 0 N–H and O–H groups in total. The van der Waals surface area contributed by atoms with Gasteiger partial charge in [0.1, 0.15) is 11.0 Å². The fourth-order valence-corrected chi connectivity index (χ4v) is 3.52. The second-order valence-electron chi connectivity index (χ2n) is 4.97. The lowest BCUT2D eigenvalue weighted by molar-refractivity contribution is 0.405. The first-order valence-electron chi connectivity index (χ1n) is 5.73. The van der Waals surface area contributed by atoms with Gasteiger partial charge in [-0.3, -0.25) is 0 Å². The van der Waals surface area contributed by atoms with E-state index in [1.807, 2.05) is 13.0 Å². The minimum Gasteiger partial charge on any atom is -0.238 e. The molecule has 2 aliphatic rings. The maximum absolute atomic E-state index is 5.98. The monoisotopic (exact) mass is 222 g/mol. The highest BCUT2D eigenvalue weighted by atomic mass is 35.5. The van der Waals surface area contributed by atoms with E-state index in [1.165, 1.54) is 25.7 Å². The van der Waals surface area contributed by atoms with Gasteiger partial charge in [0.15, 0.2) is 0 Å². The van der Waals surface area contributed by atoms with Crippen LogP contribution in [-0.2, 0) is 0 Å². The molecule has 0 amide bonds. The van der Waals surface area contributed by atoms with Crippen molar-refractivity contribution in [3.63, 3.8) is 0 Å². The Balaban J connectivity index is 1.93. The molecule has 15 heavy (non-hydrogen) atoms. The van der Waals surface area contributed by atoms with Crippen molar-refractivity contribution < 1.29 is 0 Å². The van der Waals surface area contributed by atoms with E-state index >= 15 is 0 Å². The maximum atomic E-state index is 5.98. The molecule has 3 atom stereocenters. The molecule has 2 aliphatic carbocycles. The third-order valence-corrected chi connectivity index (χ3v) is 4.10. The Morgan fingerprint density at radius 2 is 2.13 bits per heavy atom. The Labute approximate surface area is 95.1 Å². The molecule has 0 radical (unpaired) electrons. The van der Waals surface area contributed by atoms with Gasteiger partial charge in [-0.1, -0.05) is 18.0 Å². The molecule has 0 spiro atoms. The molecule has 1 aromatic rings. The normalized spacial score (nSPS) is 33.6. The van der Waals surface area contributed by atoms with Gasteiger partial charge in [-0.2, -0.15) is 0 Å². The zero-order chi connectivity index (χ0) is 10.4. The highest BCUT2D eigenvalue weighted by Crippen LogP contribution is 2.52. The molecule has 80 valence electrons. The Bertz CT molecular complexity index is 371. The van der Waals surface area contributed by atoms with Gasteiger partial charge in [0.2, 0.25) is 0 Å². The maximum Gasteiger partial charge on any atom is 0.133 e. The van der Waals surface area contributed by atoms with Crippen LogP contribution in [0.25, 0.3) is 0 Å². The van der Waals surface area contributed by atoms with Crippen LogP contribution in [0.15, 0.2) is 6.07 Å². The molecule has 2 fully saturated rings. The summed E-state index contributed by atoms with van der Waals surface area (Å²) in [5.41, 5.74) is 0.993. The predicted molar refractivity (Wildman–Crippen MR) is 60.0 cm³/mol. The van der Waals surface area contributed by atoms with Gasteiger partial charge in [-0.05, 0) is 44.1 Å². The summed E-state index contributed by atoms with van der Waals surface area (Å²) in [6.07, 6.45) is 5.45. The summed E-state index contributed by atoms with van der Waals surface area (Å²) in [5, 5.41) is 0.597. The smallest absolute Gasteiger partial charge is 0.133 e. The van der Waals surface area contributed by atoms with Crippen molar-refractivity contribution in [1.29, 1.82) is 0 Å². The summed E-state index contributed by atoms with van der Waals surface area (Å²) in [4.78, 5) is 8.93. The molecule has 0 aliphatic heterocycles. The number of fused-ring (bicyclic) bond motifs is 2. The molecule has 1 heterocycles. The van der Waals surface area contributed by atoms with Crippen LogP contribution in [0.1, 0.15) is 43.1 Å². The van der Waals surface area contributed by atoms with E-state index in [9.17, 15) is 0 Å². The summed E-state index contributed by atoms with van der Waals surface area (Å²) in [6.45, 7) is 1.99. The minimum absolute atomic E-state index is 0.584. The van der Waals surface area contributed by atoms with Crippen molar-refractivity contribution >= 4 is 11.6 Å². The summed E-state index contributed by atoms with van der Waals surface area (Å²) < 4.78 is 0. The van der Waals surface area contributed by atoms with Crippen molar-refractivity contribution in [2.75, 3.05) is 0 Å². The second kappa shape index (κ2) is 3.44. The van der Waals surface area contributed by atoms with Crippen LogP contribution in [0, 0.1) is 18.8 Å². The topological polar surface area (TPSA) is 25.8 Å². The van der Waals surface area contributed by atoms with Crippen LogP contribution in [0.4, 0.5) is 0 Å². The van der Waals surface area contributed by atoms with Crippen molar-refractivity contribution in [3.8, 4) is 0 Å².